The summed E-state index contributed by atoms with van der Waals surface area (Å²) in [5, 5.41) is 0. The van der Waals surface area contributed by atoms with Crippen molar-refractivity contribution in [2.45, 2.75) is 46.5 Å². The third-order valence-electron chi connectivity index (χ3n) is 3.70. The van der Waals surface area contributed by atoms with Crippen LogP contribution in [0.15, 0.2) is 11.6 Å². The standard InChI is InChI=1S/C12H20/c1-12(2,3)11-8-7-9-5-4-6-10(9)11/h5,10-11H,4,6-8H2,1-3H3. The zero-order chi connectivity index (χ0) is 8.77. The average Bonchev–Trinajstić information content (AvgIpc) is 2.37. The summed E-state index contributed by atoms with van der Waals surface area (Å²) < 4.78 is 0. The largest absolute Gasteiger partial charge is 0.0850 e. The van der Waals surface area contributed by atoms with E-state index in [1.54, 1.807) is 5.57 Å². The van der Waals surface area contributed by atoms with Gasteiger partial charge in [0.25, 0.3) is 0 Å². The number of allylic oxidation sites excluding steroid dienone is 2. The molecule has 0 aromatic rings. The molecular weight excluding hydrogens is 144 g/mol. The molecule has 2 aliphatic carbocycles. The predicted molar refractivity (Wildman–Crippen MR) is 53.0 cm³/mol. The Hall–Kier alpha value is -0.260. The van der Waals surface area contributed by atoms with Crippen LogP contribution >= 0.6 is 0 Å². The van der Waals surface area contributed by atoms with Gasteiger partial charge in [-0.15, -0.1) is 0 Å². The molecule has 0 spiro atoms. The molecule has 2 atom stereocenters. The molecule has 0 bridgehead atoms. The lowest BCUT2D eigenvalue weighted by atomic mass is 9.74. The van der Waals surface area contributed by atoms with Gasteiger partial charge in [0, 0.05) is 0 Å². The molecule has 2 unspecified atom stereocenters. The normalized spacial score (nSPS) is 35.1. The Morgan fingerprint density at radius 2 is 2.00 bits per heavy atom. The maximum absolute atomic E-state index is 2.50. The van der Waals surface area contributed by atoms with E-state index < -0.39 is 0 Å². The minimum Gasteiger partial charge on any atom is -0.0850 e. The van der Waals surface area contributed by atoms with Crippen LogP contribution in [0, 0.1) is 17.3 Å². The van der Waals surface area contributed by atoms with Crippen molar-refractivity contribution in [3.8, 4) is 0 Å². The Balaban J connectivity index is 2.16. The first-order chi connectivity index (χ1) is 5.59. The fourth-order valence-corrected chi connectivity index (χ4v) is 3.09. The summed E-state index contributed by atoms with van der Waals surface area (Å²) in [6.45, 7) is 7.21. The van der Waals surface area contributed by atoms with Gasteiger partial charge in [-0.2, -0.15) is 0 Å². The number of hydrogen-bond donors (Lipinski definition) is 0. The van der Waals surface area contributed by atoms with Crippen LogP contribution in [0.25, 0.3) is 0 Å². The Morgan fingerprint density at radius 1 is 1.25 bits per heavy atom. The second-order valence-corrected chi connectivity index (χ2v) is 5.47. The van der Waals surface area contributed by atoms with Gasteiger partial charge in [0.2, 0.25) is 0 Å². The third-order valence-corrected chi connectivity index (χ3v) is 3.70. The Morgan fingerprint density at radius 3 is 2.67 bits per heavy atom. The van der Waals surface area contributed by atoms with E-state index in [9.17, 15) is 0 Å². The molecule has 2 rings (SSSR count). The highest BCUT2D eigenvalue weighted by atomic mass is 14.4. The van der Waals surface area contributed by atoms with Crippen molar-refractivity contribution in [1.29, 1.82) is 0 Å². The van der Waals surface area contributed by atoms with E-state index in [1.165, 1.54) is 25.7 Å². The van der Waals surface area contributed by atoms with Crippen molar-refractivity contribution in [1.82, 2.24) is 0 Å². The zero-order valence-electron chi connectivity index (χ0n) is 8.56. The van der Waals surface area contributed by atoms with Crippen molar-refractivity contribution >= 4 is 0 Å². The fourth-order valence-electron chi connectivity index (χ4n) is 3.09. The van der Waals surface area contributed by atoms with E-state index in [0.29, 0.717) is 5.41 Å². The summed E-state index contributed by atoms with van der Waals surface area (Å²) in [6.07, 6.45) is 8.13. The van der Waals surface area contributed by atoms with Crippen molar-refractivity contribution < 1.29 is 0 Å². The molecule has 0 nitrogen and oxygen atoms in total. The minimum absolute atomic E-state index is 0.532. The van der Waals surface area contributed by atoms with Crippen molar-refractivity contribution in [3.05, 3.63) is 11.6 Å². The van der Waals surface area contributed by atoms with Crippen molar-refractivity contribution in [2.24, 2.45) is 17.3 Å². The van der Waals surface area contributed by atoms with Gasteiger partial charge >= 0.3 is 0 Å². The number of rotatable bonds is 0. The van der Waals surface area contributed by atoms with Crippen LogP contribution in [0.5, 0.6) is 0 Å². The first kappa shape index (κ1) is 8.34. The van der Waals surface area contributed by atoms with E-state index >= 15 is 0 Å². The summed E-state index contributed by atoms with van der Waals surface area (Å²) >= 11 is 0. The second-order valence-electron chi connectivity index (χ2n) is 5.47. The van der Waals surface area contributed by atoms with E-state index in [4.69, 9.17) is 0 Å². The van der Waals surface area contributed by atoms with E-state index in [1.807, 2.05) is 0 Å². The molecule has 68 valence electrons. The maximum Gasteiger partial charge on any atom is -0.0167 e. The molecular formula is C12H20. The lowest BCUT2D eigenvalue weighted by molar-refractivity contribution is 0.195. The van der Waals surface area contributed by atoms with Gasteiger partial charge in [-0.05, 0) is 42.9 Å². The molecule has 1 saturated carbocycles. The summed E-state index contributed by atoms with van der Waals surface area (Å²) in [7, 11) is 0. The van der Waals surface area contributed by atoms with Crippen LogP contribution in [-0.2, 0) is 0 Å². The Kier molecular flexibility index (Phi) is 1.82. The smallest absolute Gasteiger partial charge is 0.0167 e. The van der Waals surface area contributed by atoms with E-state index in [-0.39, 0.29) is 0 Å². The number of fused-ring (bicyclic) bond motifs is 1. The van der Waals surface area contributed by atoms with Crippen LogP contribution < -0.4 is 0 Å². The lowest BCUT2D eigenvalue weighted by Crippen LogP contribution is -2.23. The van der Waals surface area contributed by atoms with Crippen molar-refractivity contribution in [2.75, 3.05) is 0 Å². The molecule has 0 radical (unpaired) electrons. The topological polar surface area (TPSA) is 0 Å². The highest BCUT2D eigenvalue weighted by molar-refractivity contribution is 5.19. The van der Waals surface area contributed by atoms with E-state index in [0.717, 1.165) is 11.8 Å². The molecule has 0 amide bonds. The molecule has 0 heterocycles. The monoisotopic (exact) mass is 164 g/mol. The molecule has 2 aliphatic rings. The van der Waals surface area contributed by atoms with Crippen LogP contribution in [0.1, 0.15) is 46.5 Å². The summed E-state index contributed by atoms with van der Waals surface area (Å²) in [5.74, 6) is 1.93. The Bertz CT molecular complexity index is 205. The molecule has 0 heteroatoms. The second kappa shape index (κ2) is 2.61. The van der Waals surface area contributed by atoms with Gasteiger partial charge < -0.3 is 0 Å². The van der Waals surface area contributed by atoms with Crippen LogP contribution in [0.2, 0.25) is 0 Å². The van der Waals surface area contributed by atoms with Gasteiger partial charge in [-0.3, -0.25) is 0 Å². The van der Waals surface area contributed by atoms with Crippen LogP contribution in [0.4, 0.5) is 0 Å². The summed E-state index contributed by atoms with van der Waals surface area (Å²) in [5.41, 5.74) is 2.32. The van der Waals surface area contributed by atoms with Crippen molar-refractivity contribution in [3.63, 3.8) is 0 Å². The average molecular weight is 164 g/mol. The predicted octanol–water partition coefficient (Wildman–Crippen LogP) is 3.78. The first-order valence-corrected chi connectivity index (χ1v) is 5.28. The molecule has 0 aromatic heterocycles. The first-order valence-electron chi connectivity index (χ1n) is 5.28. The Labute approximate surface area is 76.1 Å². The van der Waals surface area contributed by atoms with Gasteiger partial charge in [-0.25, -0.2) is 0 Å². The molecule has 0 N–H and O–H groups in total. The highest BCUT2D eigenvalue weighted by Gasteiger charge is 2.39. The summed E-state index contributed by atoms with van der Waals surface area (Å²) in [6, 6.07) is 0. The van der Waals surface area contributed by atoms with Gasteiger partial charge in [0.15, 0.2) is 0 Å². The third kappa shape index (κ3) is 1.22. The quantitative estimate of drug-likeness (QED) is 0.478. The van der Waals surface area contributed by atoms with Gasteiger partial charge in [-0.1, -0.05) is 32.4 Å². The fraction of sp³-hybridized carbons (Fsp3) is 0.833. The van der Waals surface area contributed by atoms with Crippen LogP contribution in [0.3, 0.4) is 0 Å². The lowest BCUT2D eigenvalue weighted by Gasteiger charge is -2.31. The molecule has 0 aromatic carbocycles. The van der Waals surface area contributed by atoms with Crippen LogP contribution in [-0.4, -0.2) is 0 Å². The van der Waals surface area contributed by atoms with Gasteiger partial charge in [0.05, 0.1) is 0 Å². The SMILES string of the molecule is CC(C)(C)C1CCC2=CCCC21. The maximum atomic E-state index is 2.50. The molecule has 0 saturated heterocycles. The minimum atomic E-state index is 0.532. The highest BCUT2D eigenvalue weighted by Crippen LogP contribution is 2.50. The number of hydrogen-bond acceptors (Lipinski definition) is 0. The summed E-state index contributed by atoms with van der Waals surface area (Å²) in [4.78, 5) is 0. The van der Waals surface area contributed by atoms with Gasteiger partial charge in [0.1, 0.15) is 0 Å². The van der Waals surface area contributed by atoms with E-state index in [2.05, 4.69) is 26.8 Å². The molecule has 1 fully saturated rings. The zero-order valence-corrected chi connectivity index (χ0v) is 8.56. The molecule has 0 aliphatic heterocycles. The molecule has 12 heavy (non-hydrogen) atoms.